The van der Waals surface area contributed by atoms with Crippen LogP contribution in [0, 0.1) is 5.92 Å². The number of unbranched alkanes of at least 4 members (excludes halogenated alkanes) is 1. The molecule has 0 bridgehead atoms. The third-order valence-electron chi connectivity index (χ3n) is 4.55. The number of carboxylic acids is 1. The van der Waals surface area contributed by atoms with Crippen LogP contribution < -0.4 is 38.9 Å². The van der Waals surface area contributed by atoms with Gasteiger partial charge in [0.05, 0.1) is 12.6 Å². The van der Waals surface area contributed by atoms with Gasteiger partial charge in [-0.25, -0.2) is 4.79 Å². The fourth-order valence-electron chi connectivity index (χ4n) is 2.72. The first-order valence-electron chi connectivity index (χ1n) is 10.6. The van der Waals surface area contributed by atoms with Crippen LogP contribution in [0.2, 0.25) is 0 Å². The van der Waals surface area contributed by atoms with E-state index in [1.54, 1.807) is 13.8 Å². The maximum absolute atomic E-state index is 12.5. The van der Waals surface area contributed by atoms with Crippen LogP contribution in [-0.4, -0.2) is 72.5 Å². The lowest BCUT2D eigenvalue weighted by molar-refractivity contribution is -0.142. The summed E-state index contributed by atoms with van der Waals surface area (Å²) in [4.78, 5) is 51.9. The van der Waals surface area contributed by atoms with E-state index in [1.165, 1.54) is 0 Å². The molecule has 0 aliphatic heterocycles. The fraction of sp³-hybridized carbons (Fsp3) is 0.737. The second kappa shape index (κ2) is 15.8. The van der Waals surface area contributed by atoms with Crippen molar-refractivity contribution < 1.29 is 24.3 Å². The molecular formula is C19H38N8O5. The van der Waals surface area contributed by atoms with E-state index >= 15 is 0 Å². The van der Waals surface area contributed by atoms with Crippen molar-refractivity contribution in [2.24, 2.45) is 33.8 Å². The summed E-state index contributed by atoms with van der Waals surface area (Å²) in [6.45, 7) is 3.79. The van der Waals surface area contributed by atoms with Gasteiger partial charge in [-0.15, -0.1) is 0 Å². The van der Waals surface area contributed by atoms with Crippen LogP contribution in [-0.2, 0) is 19.2 Å². The van der Waals surface area contributed by atoms with Crippen molar-refractivity contribution in [2.75, 3.05) is 19.6 Å². The second-order valence-corrected chi connectivity index (χ2v) is 7.75. The van der Waals surface area contributed by atoms with Gasteiger partial charge in [0.2, 0.25) is 17.7 Å². The first-order valence-corrected chi connectivity index (χ1v) is 10.6. The Balaban J connectivity index is 4.66. The van der Waals surface area contributed by atoms with Gasteiger partial charge >= 0.3 is 5.97 Å². The number of nitrogens with one attached hydrogen (secondary N) is 3. The van der Waals surface area contributed by atoms with Crippen molar-refractivity contribution in [3.05, 3.63) is 0 Å². The zero-order valence-corrected chi connectivity index (χ0v) is 18.8. The lowest BCUT2D eigenvalue weighted by Crippen LogP contribution is -2.55. The summed E-state index contributed by atoms with van der Waals surface area (Å²) < 4.78 is 0. The van der Waals surface area contributed by atoms with Crippen molar-refractivity contribution in [1.82, 2.24) is 16.0 Å². The third kappa shape index (κ3) is 12.7. The highest BCUT2D eigenvalue weighted by Gasteiger charge is 2.27. The summed E-state index contributed by atoms with van der Waals surface area (Å²) in [5, 5.41) is 16.6. The predicted octanol–water partition coefficient (Wildman–Crippen LogP) is -2.68. The van der Waals surface area contributed by atoms with Crippen molar-refractivity contribution in [3.8, 4) is 0 Å². The van der Waals surface area contributed by atoms with Gasteiger partial charge in [-0.05, 0) is 44.6 Å². The van der Waals surface area contributed by atoms with Crippen molar-refractivity contribution in [1.29, 1.82) is 0 Å². The molecule has 3 unspecified atom stereocenters. The van der Waals surface area contributed by atoms with Gasteiger partial charge in [-0.2, -0.15) is 0 Å². The lowest BCUT2D eigenvalue weighted by atomic mass is 10.0. The summed E-state index contributed by atoms with van der Waals surface area (Å²) in [5.74, 6) is -3.23. The molecule has 0 aliphatic carbocycles. The predicted molar refractivity (Wildman–Crippen MR) is 120 cm³/mol. The molecule has 0 aromatic carbocycles. The SMILES string of the molecule is CC(C)C(NC(=O)C(N)CCCN=C(N)N)C(=O)NCC(=O)NC(CCCCN)C(=O)O. The first-order chi connectivity index (χ1) is 15.0. The molecule has 0 aliphatic rings. The van der Waals surface area contributed by atoms with E-state index in [0.717, 1.165) is 0 Å². The van der Waals surface area contributed by atoms with Crippen LogP contribution in [0.1, 0.15) is 46.0 Å². The Bertz CT molecular complexity index is 652. The maximum Gasteiger partial charge on any atom is 0.326 e. The number of carboxylic acid groups (broad SMARTS) is 1. The van der Waals surface area contributed by atoms with Gasteiger partial charge in [0.15, 0.2) is 5.96 Å². The Morgan fingerprint density at radius 3 is 2.16 bits per heavy atom. The van der Waals surface area contributed by atoms with Crippen LogP contribution in [0.3, 0.4) is 0 Å². The quantitative estimate of drug-likeness (QED) is 0.0681. The van der Waals surface area contributed by atoms with E-state index in [9.17, 15) is 24.3 Å². The van der Waals surface area contributed by atoms with Gasteiger partial charge in [-0.1, -0.05) is 13.8 Å². The van der Waals surface area contributed by atoms with Crippen LogP contribution >= 0.6 is 0 Å². The molecule has 0 radical (unpaired) electrons. The number of guanidine groups is 1. The lowest BCUT2D eigenvalue weighted by Gasteiger charge is -2.23. The number of nitrogens with zero attached hydrogens (tertiary/aromatic N) is 1. The number of hydrogen-bond donors (Lipinski definition) is 8. The molecule has 0 aromatic rings. The smallest absolute Gasteiger partial charge is 0.326 e. The van der Waals surface area contributed by atoms with Crippen molar-refractivity contribution in [3.63, 3.8) is 0 Å². The van der Waals surface area contributed by atoms with Crippen LogP contribution in [0.25, 0.3) is 0 Å². The Hall–Kier alpha value is -2.93. The van der Waals surface area contributed by atoms with E-state index in [-0.39, 0.29) is 18.3 Å². The molecule has 0 saturated carbocycles. The van der Waals surface area contributed by atoms with E-state index in [1.807, 2.05) is 0 Å². The van der Waals surface area contributed by atoms with Crippen LogP contribution in [0.15, 0.2) is 4.99 Å². The molecule has 13 nitrogen and oxygen atoms in total. The van der Waals surface area contributed by atoms with E-state index < -0.39 is 48.4 Å². The molecule has 184 valence electrons. The zero-order chi connectivity index (χ0) is 24.7. The summed E-state index contributed by atoms with van der Waals surface area (Å²) in [6.07, 6.45) is 2.23. The van der Waals surface area contributed by atoms with Crippen molar-refractivity contribution in [2.45, 2.75) is 64.1 Å². The average molecular weight is 459 g/mol. The number of aliphatic imine (C=N–C) groups is 1. The normalized spacial score (nSPS) is 13.5. The standard InChI is InChI=1S/C19H38N8O5/c1-11(2)15(27-16(29)12(21)6-5-9-24-19(22)23)17(30)25-10-14(28)26-13(18(31)32)7-3-4-8-20/h11-13,15H,3-10,20-21H2,1-2H3,(H,25,30)(H,26,28)(H,27,29)(H,31,32)(H4,22,23,24). The Morgan fingerprint density at radius 1 is 0.969 bits per heavy atom. The minimum absolute atomic E-state index is 0.0474. The summed E-state index contributed by atoms with van der Waals surface area (Å²) in [7, 11) is 0. The summed E-state index contributed by atoms with van der Waals surface area (Å²) in [6, 6.07) is -2.84. The number of aliphatic carboxylic acids is 1. The molecule has 12 N–H and O–H groups in total. The number of rotatable bonds is 16. The van der Waals surface area contributed by atoms with Gasteiger partial charge in [0.25, 0.3) is 0 Å². The minimum atomic E-state index is -1.16. The van der Waals surface area contributed by atoms with Gasteiger partial charge < -0.3 is 44.0 Å². The number of carbonyl (C=O) groups is 4. The Labute approximate surface area is 188 Å². The van der Waals surface area contributed by atoms with Crippen LogP contribution in [0.4, 0.5) is 0 Å². The number of carbonyl (C=O) groups excluding carboxylic acids is 3. The fourth-order valence-corrected chi connectivity index (χ4v) is 2.72. The highest BCUT2D eigenvalue weighted by molar-refractivity contribution is 5.92. The molecule has 13 heteroatoms. The van der Waals surface area contributed by atoms with Gasteiger partial charge in [0, 0.05) is 6.54 Å². The molecule has 0 aromatic heterocycles. The molecule has 0 rings (SSSR count). The maximum atomic E-state index is 12.5. The van der Waals surface area contributed by atoms with Crippen molar-refractivity contribution >= 4 is 29.7 Å². The first kappa shape index (κ1) is 29.1. The van der Waals surface area contributed by atoms with Gasteiger partial charge in [-0.3, -0.25) is 19.4 Å². The second-order valence-electron chi connectivity index (χ2n) is 7.75. The number of hydrogen-bond acceptors (Lipinski definition) is 7. The molecule has 32 heavy (non-hydrogen) atoms. The minimum Gasteiger partial charge on any atom is -0.480 e. The molecule has 0 fully saturated rings. The van der Waals surface area contributed by atoms with E-state index in [4.69, 9.17) is 22.9 Å². The molecule has 3 atom stereocenters. The molecule has 3 amide bonds. The monoisotopic (exact) mass is 458 g/mol. The molecule has 0 saturated heterocycles. The zero-order valence-electron chi connectivity index (χ0n) is 18.8. The third-order valence-corrected chi connectivity index (χ3v) is 4.55. The molecule has 0 heterocycles. The molecular weight excluding hydrogens is 420 g/mol. The Morgan fingerprint density at radius 2 is 1.62 bits per heavy atom. The topological polar surface area (TPSA) is 241 Å². The Kier molecular flexibility index (Phi) is 14.4. The highest BCUT2D eigenvalue weighted by atomic mass is 16.4. The highest BCUT2D eigenvalue weighted by Crippen LogP contribution is 2.04. The largest absolute Gasteiger partial charge is 0.480 e. The van der Waals surface area contributed by atoms with E-state index in [2.05, 4.69) is 20.9 Å². The summed E-state index contributed by atoms with van der Waals surface area (Å²) in [5.41, 5.74) is 21.7. The van der Waals surface area contributed by atoms with Gasteiger partial charge in [0.1, 0.15) is 12.1 Å². The van der Waals surface area contributed by atoms with Crippen LogP contribution in [0.5, 0.6) is 0 Å². The number of amides is 3. The van der Waals surface area contributed by atoms with E-state index in [0.29, 0.717) is 38.8 Å². The summed E-state index contributed by atoms with van der Waals surface area (Å²) >= 11 is 0. The number of nitrogens with two attached hydrogens (primary N) is 4. The average Bonchev–Trinajstić information content (AvgIpc) is 2.71. The molecule has 0 spiro atoms.